The molecule has 0 unspecified atom stereocenters. The summed E-state index contributed by atoms with van der Waals surface area (Å²) in [5.41, 5.74) is 0. The Hall–Kier alpha value is -0.570. The van der Waals surface area contributed by atoms with E-state index in [4.69, 9.17) is 5.11 Å². The van der Waals surface area contributed by atoms with Crippen molar-refractivity contribution in [3.05, 3.63) is 0 Å². The van der Waals surface area contributed by atoms with Gasteiger partial charge in [0.05, 0.1) is 6.61 Å². The monoisotopic (exact) mass is 117 g/mol. The molecular formula is C5H11NO2. The first-order valence-corrected chi connectivity index (χ1v) is 2.54. The summed E-state index contributed by atoms with van der Waals surface area (Å²) in [5.74, 6) is -0.105. The van der Waals surface area contributed by atoms with Crippen LogP contribution < -0.4 is 5.32 Å². The maximum atomic E-state index is 10.2. The van der Waals surface area contributed by atoms with E-state index in [2.05, 4.69) is 5.32 Å². The van der Waals surface area contributed by atoms with Gasteiger partial charge in [0.2, 0.25) is 5.91 Å². The van der Waals surface area contributed by atoms with E-state index >= 15 is 0 Å². The summed E-state index contributed by atoms with van der Waals surface area (Å²) in [4.78, 5) is 10.2. The molecule has 0 aliphatic heterocycles. The van der Waals surface area contributed by atoms with Crippen LogP contribution in [0.25, 0.3) is 0 Å². The van der Waals surface area contributed by atoms with Crippen LogP contribution in [0.2, 0.25) is 0 Å². The van der Waals surface area contributed by atoms with Crippen molar-refractivity contribution in [3.63, 3.8) is 0 Å². The summed E-state index contributed by atoms with van der Waals surface area (Å²) >= 11 is 0. The summed E-state index contributed by atoms with van der Waals surface area (Å²) < 4.78 is 0. The van der Waals surface area contributed by atoms with Gasteiger partial charge in [0.25, 0.3) is 0 Å². The topological polar surface area (TPSA) is 49.3 Å². The first kappa shape index (κ1) is 7.43. The average molecular weight is 117 g/mol. The Morgan fingerprint density at radius 3 is 2.50 bits per heavy atom. The van der Waals surface area contributed by atoms with Crippen LogP contribution in [0.1, 0.15) is 13.8 Å². The lowest BCUT2D eigenvalue weighted by Crippen LogP contribution is -2.32. The number of carbonyl (C=O) groups excluding carboxylic acids is 1. The summed E-state index contributed by atoms with van der Waals surface area (Å²) in [6, 6.07) is -0.118. The van der Waals surface area contributed by atoms with Crippen LogP contribution in [-0.4, -0.2) is 23.7 Å². The van der Waals surface area contributed by atoms with Gasteiger partial charge in [0.15, 0.2) is 0 Å². The second kappa shape index (κ2) is 3.43. The van der Waals surface area contributed by atoms with E-state index in [1.165, 1.54) is 6.92 Å². The number of carbonyl (C=O) groups is 1. The van der Waals surface area contributed by atoms with Gasteiger partial charge in [-0.15, -0.1) is 0 Å². The van der Waals surface area contributed by atoms with Crippen molar-refractivity contribution in [3.8, 4) is 0 Å². The first-order valence-electron chi connectivity index (χ1n) is 2.54. The fraction of sp³-hybridized carbons (Fsp3) is 0.800. The maximum Gasteiger partial charge on any atom is 0.217 e. The number of aliphatic hydroxyl groups excluding tert-OH is 1. The molecule has 48 valence electrons. The van der Waals surface area contributed by atoms with Gasteiger partial charge < -0.3 is 10.4 Å². The second-order valence-electron chi connectivity index (χ2n) is 1.78. The molecule has 8 heavy (non-hydrogen) atoms. The van der Waals surface area contributed by atoms with Crippen molar-refractivity contribution in [1.29, 1.82) is 0 Å². The molecule has 0 spiro atoms. The molecule has 3 heteroatoms. The van der Waals surface area contributed by atoms with E-state index in [9.17, 15) is 4.79 Å². The molecular weight excluding hydrogens is 106 g/mol. The maximum absolute atomic E-state index is 10.2. The third-order valence-electron chi connectivity index (χ3n) is 0.724. The molecule has 0 aromatic rings. The van der Waals surface area contributed by atoms with Crippen LogP contribution in [0, 0.1) is 0 Å². The SMILES string of the molecule is CC(=O)N[C@@H](C)CO. The minimum atomic E-state index is -0.118. The number of hydrogen-bond acceptors (Lipinski definition) is 2. The molecule has 0 aromatic carbocycles. The third-order valence-corrected chi connectivity index (χ3v) is 0.724. The normalized spacial score (nSPS) is 12.9. The molecule has 3 nitrogen and oxygen atoms in total. The number of nitrogens with one attached hydrogen (secondary N) is 1. The Morgan fingerprint density at radius 2 is 2.38 bits per heavy atom. The lowest BCUT2D eigenvalue weighted by Gasteiger charge is -2.06. The molecule has 0 aliphatic rings. The van der Waals surface area contributed by atoms with E-state index in [-0.39, 0.29) is 18.6 Å². The van der Waals surface area contributed by atoms with Crippen LogP contribution in [0.4, 0.5) is 0 Å². The van der Waals surface area contributed by atoms with Crippen LogP contribution in [0.15, 0.2) is 0 Å². The molecule has 0 fully saturated rings. The lowest BCUT2D eigenvalue weighted by molar-refractivity contribution is -0.119. The van der Waals surface area contributed by atoms with Gasteiger partial charge in [0.1, 0.15) is 0 Å². The minimum Gasteiger partial charge on any atom is -0.394 e. The molecule has 0 radical (unpaired) electrons. The molecule has 0 saturated heterocycles. The Balaban J connectivity index is 3.24. The van der Waals surface area contributed by atoms with E-state index < -0.39 is 0 Å². The van der Waals surface area contributed by atoms with Crippen LogP contribution in [-0.2, 0) is 4.79 Å². The molecule has 1 atom stereocenters. The zero-order valence-corrected chi connectivity index (χ0v) is 5.14. The zero-order valence-electron chi connectivity index (χ0n) is 5.14. The Bertz CT molecular complexity index is 82.5. The van der Waals surface area contributed by atoms with E-state index in [0.717, 1.165) is 0 Å². The molecule has 0 heterocycles. The number of amides is 1. The van der Waals surface area contributed by atoms with Crippen molar-refractivity contribution in [2.24, 2.45) is 0 Å². The van der Waals surface area contributed by atoms with Gasteiger partial charge in [-0.25, -0.2) is 0 Å². The molecule has 0 saturated carbocycles. The van der Waals surface area contributed by atoms with Gasteiger partial charge in [-0.2, -0.15) is 0 Å². The highest BCUT2D eigenvalue weighted by Gasteiger charge is 1.97. The first-order chi connectivity index (χ1) is 3.66. The van der Waals surface area contributed by atoms with Gasteiger partial charge >= 0.3 is 0 Å². The fourth-order valence-corrected chi connectivity index (χ4v) is 0.393. The van der Waals surface area contributed by atoms with Crippen molar-refractivity contribution in [2.45, 2.75) is 19.9 Å². The van der Waals surface area contributed by atoms with Crippen LogP contribution in [0.5, 0.6) is 0 Å². The third kappa shape index (κ3) is 3.61. The number of rotatable bonds is 2. The van der Waals surface area contributed by atoms with Gasteiger partial charge in [-0.05, 0) is 6.92 Å². The number of hydrogen-bond donors (Lipinski definition) is 2. The van der Waals surface area contributed by atoms with E-state index in [0.29, 0.717) is 0 Å². The minimum absolute atomic E-state index is 0.000417. The van der Waals surface area contributed by atoms with Gasteiger partial charge in [0, 0.05) is 13.0 Å². The highest BCUT2D eigenvalue weighted by Crippen LogP contribution is 1.75. The molecule has 0 bridgehead atoms. The summed E-state index contributed by atoms with van der Waals surface area (Å²) in [5, 5.41) is 10.9. The van der Waals surface area contributed by atoms with Crippen molar-refractivity contribution >= 4 is 5.91 Å². The number of aliphatic hydroxyl groups is 1. The predicted molar refractivity (Wildman–Crippen MR) is 30.4 cm³/mol. The Labute approximate surface area is 48.7 Å². The summed E-state index contributed by atoms with van der Waals surface area (Å²) in [7, 11) is 0. The standard InChI is InChI=1S/C5H11NO2/c1-4(3-7)6-5(2)8/h4,7H,3H2,1-2H3,(H,6,8)/t4-/m0/s1. The van der Waals surface area contributed by atoms with Gasteiger partial charge in [-0.1, -0.05) is 0 Å². The summed E-state index contributed by atoms with van der Waals surface area (Å²) in [6.07, 6.45) is 0. The summed E-state index contributed by atoms with van der Waals surface area (Å²) in [6.45, 7) is 3.16. The smallest absolute Gasteiger partial charge is 0.217 e. The average Bonchev–Trinajstić information content (AvgIpc) is 1.65. The molecule has 0 rings (SSSR count). The highest BCUT2D eigenvalue weighted by molar-refractivity contribution is 5.73. The van der Waals surface area contributed by atoms with Crippen molar-refractivity contribution in [2.75, 3.05) is 6.61 Å². The molecule has 0 aliphatic carbocycles. The fourth-order valence-electron chi connectivity index (χ4n) is 0.393. The van der Waals surface area contributed by atoms with E-state index in [1.807, 2.05) is 0 Å². The highest BCUT2D eigenvalue weighted by atomic mass is 16.3. The largest absolute Gasteiger partial charge is 0.394 e. The lowest BCUT2D eigenvalue weighted by atomic mass is 10.4. The van der Waals surface area contributed by atoms with Crippen LogP contribution in [0.3, 0.4) is 0 Å². The van der Waals surface area contributed by atoms with Crippen molar-refractivity contribution < 1.29 is 9.90 Å². The zero-order chi connectivity index (χ0) is 6.57. The van der Waals surface area contributed by atoms with Crippen molar-refractivity contribution in [1.82, 2.24) is 5.32 Å². The molecule has 1 amide bonds. The molecule has 0 aromatic heterocycles. The van der Waals surface area contributed by atoms with Crippen LogP contribution >= 0.6 is 0 Å². The van der Waals surface area contributed by atoms with Gasteiger partial charge in [-0.3, -0.25) is 4.79 Å². The second-order valence-corrected chi connectivity index (χ2v) is 1.78. The molecule has 2 N–H and O–H groups in total. The predicted octanol–water partition coefficient (Wildman–Crippen LogP) is -0.497. The Morgan fingerprint density at radius 1 is 1.88 bits per heavy atom. The Kier molecular flexibility index (Phi) is 3.19. The quantitative estimate of drug-likeness (QED) is 0.512. The van der Waals surface area contributed by atoms with E-state index in [1.54, 1.807) is 6.92 Å².